The van der Waals surface area contributed by atoms with E-state index in [1.54, 1.807) is 0 Å². The lowest BCUT2D eigenvalue weighted by atomic mass is 9.97. The Morgan fingerprint density at radius 1 is 1.60 bits per heavy atom. The summed E-state index contributed by atoms with van der Waals surface area (Å²) in [6.45, 7) is 7.13. The molecule has 10 heavy (non-hydrogen) atoms. The molecule has 0 unspecified atom stereocenters. The van der Waals surface area contributed by atoms with E-state index in [4.69, 9.17) is 11.5 Å². The molecular formula is C7H14N2O. The van der Waals surface area contributed by atoms with E-state index in [1.165, 1.54) is 0 Å². The molecule has 0 saturated carbocycles. The molecule has 0 aliphatic heterocycles. The molecule has 0 bridgehead atoms. The number of rotatable bonds is 3. The third-order valence-electron chi connectivity index (χ3n) is 1.02. The topological polar surface area (TPSA) is 69.1 Å². The standard InChI is InChI=1S/C7H14N2O/c1-5(6(8)10)4-7(2,3)9/h1,4,9H2,2-3H3,(H2,8,10). The third kappa shape index (κ3) is 4.09. The fraction of sp³-hybridized carbons (Fsp3) is 0.571. The lowest BCUT2D eigenvalue weighted by Gasteiger charge is -2.17. The van der Waals surface area contributed by atoms with Crippen molar-refractivity contribution >= 4 is 5.91 Å². The van der Waals surface area contributed by atoms with Gasteiger partial charge in [0.25, 0.3) is 0 Å². The Bertz CT molecular complexity index is 155. The highest BCUT2D eigenvalue weighted by atomic mass is 16.1. The van der Waals surface area contributed by atoms with Gasteiger partial charge < -0.3 is 11.5 Å². The molecule has 0 aromatic heterocycles. The van der Waals surface area contributed by atoms with Gasteiger partial charge in [0.2, 0.25) is 5.91 Å². The van der Waals surface area contributed by atoms with Gasteiger partial charge in [-0.3, -0.25) is 4.79 Å². The van der Waals surface area contributed by atoms with E-state index in [2.05, 4.69) is 6.58 Å². The van der Waals surface area contributed by atoms with Crippen molar-refractivity contribution in [2.45, 2.75) is 25.8 Å². The van der Waals surface area contributed by atoms with Crippen LogP contribution in [-0.2, 0) is 4.79 Å². The zero-order chi connectivity index (χ0) is 8.36. The molecule has 0 aliphatic rings. The van der Waals surface area contributed by atoms with Gasteiger partial charge in [0.1, 0.15) is 0 Å². The van der Waals surface area contributed by atoms with E-state index in [9.17, 15) is 4.79 Å². The Morgan fingerprint density at radius 3 is 2.10 bits per heavy atom. The molecular weight excluding hydrogens is 128 g/mol. The molecule has 0 fully saturated rings. The van der Waals surface area contributed by atoms with Crippen LogP contribution in [0.4, 0.5) is 0 Å². The van der Waals surface area contributed by atoms with Gasteiger partial charge in [0, 0.05) is 11.1 Å². The number of nitrogens with two attached hydrogens (primary N) is 2. The third-order valence-corrected chi connectivity index (χ3v) is 1.02. The van der Waals surface area contributed by atoms with Crippen LogP contribution in [0.5, 0.6) is 0 Å². The maximum atomic E-state index is 10.4. The minimum atomic E-state index is -0.474. The highest BCUT2D eigenvalue weighted by Crippen LogP contribution is 2.09. The predicted octanol–water partition coefficient (Wildman–Crippen LogP) is 0.155. The van der Waals surface area contributed by atoms with Crippen LogP contribution in [0.25, 0.3) is 0 Å². The Labute approximate surface area is 61.1 Å². The van der Waals surface area contributed by atoms with Crippen molar-refractivity contribution in [3.8, 4) is 0 Å². The average Bonchev–Trinajstić information content (AvgIpc) is 1.60. The second kappa shape index (κ2) is 2.84. The predicted molar refractivity (Wildman–Crippen MR) is 41.2 cm³/mol. The van der Waals surface area contributed by atoms with Crippen LogP contribution in [0.3, 0.4) is 0 Å². The van der Waals surface area contributed by atoms with Gasteiger partial charge in [0.15, 0.2) is 0 Å². The summed E-state index contributed by atoms with van der Waals surface area (Å²) in [5, 5.41) is 0. The summed E-state index contributed by atoms with van der Waals surface area (Å²) < 4.78 is 0. The van der Waals surface area contributed by atoms with Gasteiger partial charge in [-0.2, -0.15) is 0 Å². The van der Waals surface area contributed by atoms with E-state index >= 15 is 0 Å². The summed E-state index contributed by atoms with van der Waals surface area (Å²) in [6, 6.07) is 0. The van der Waals surface area contributed by atoms with Crippen molar-refractivity contribution in [3.63, 3.8) is 0 Å². The molecule has 0 saturated heterocycles. The summed E-state index contributed by atoms with van der Waals surface area (Å²) >= 11 is 0. The molecule has 0 spiro atoms. The Morgan fingerprint density at radius 2 is 2.00 bits per heavy atom. The van der Waals surface area contributed by atoms with Crippen molar-refractivity contribution in [3.05, 3.63) is 12.2 Å². The summed E-state index contributed by atoms with van der Waals surface area (Å²) in [5.74, 6) is -0.474. The van der Waals surface area contributed by atoms with Gasteiger partial charge in [0.05, 0.1) is 0 Å². The van der Waals surface area contributed by atoms with Gasteiger partial charge in [-0.05, 0) is 20.3 Å². The number of hydrogen-bond acceptors (Lipinski definition) is 2. The number of carbonyl (C=O) groups is 1. The van der Waals surface area contributed by atoms with Crippen LogP contribution in [0.2, 0.25) is 0 Å². The normalized spacial score (nSPS) is 11.1. The fourth-order valence-corrected chi connectivity index (χ4v) is 0.637. The van der Waals surface area contributed by atoms with Crippen LogP contribution in [0, 0.1) is 0 Å². The van der Waals surface area contributed by atoms with Gasteiger partial charge in [-0.1, -0.05) is 6.58 Å². The zero-order valence-corrected chi connectivity index (χ0v) is 6.48. The highest BCUT2D eigenvalue weighted by Gasteiger charge is 2.14. The zero-order valence-electron chi connectivity index (χ0n) is 6.48. The van der Waals surface area contributed by atoms with E-state index < -0.39 is 11.4 Å². The van der Waals surface area contributed by atoms with E-state index in [0.717, 1.165) is 0 Å². The largest absolute Gasteiger partial charge is 0.366 e. The quantitative estimate of drug-likeness (QED) is 0.551. The first kappa shape index (κ1) is 9.17. The lowest BCUT2D eigenvalue weighted by molar-refractivity contribution is -0.114. The van der Waals surface area contributed by atoms with Crippen LogP contribution in [0.1, 0.15) is 20.3 Å². The number of primary amides is 1. The van der Waals surface area contributed by atoms with E-state index in [0.29, 0.717) is 12.0 Å². The molecule has 58 valence electrons. The first-order chi connectivity index (χ1) is 4.33. The minimum absolute atomic E-state index is 0.382. The number of hydrogen-bond donors (Lipinski definition) is 2. The maximum absolute atomic E-state index is 10.4. The van der Waals surface area contributed by atoms with E-state index in [1.807, 2.05) is 13.8 Å². The molecule has 0 rings (SSSR count). The van der Waals surface area contributed by atoms with Crippen molar-refractivity contribution < 1.29 is 4.79 Å². The molecule has 3 heteroatoms. The molecule has 0 heterocycles. The first-order valence-corrected chi connectivity index (χ1v) is 3.09. The number of amides is 1. The monoisotopic (exact) mass is 142 g/mol. The second-order valence-electron chi connectivity index (χ2n) is 3.13. The maximum Gasteiger partial charge on any atom is 0.244 e. The van der Waals surface area contributed by atoms with Gasteiger partial charge in [-0.15, -0.1) is 0 Å². The van der Waals surface area contributed by atoms with Crippen molar-refractivity contribution in [2.24, 2.45) is 11.5 Å². The molecule has 1 amide bonds. The lowest BCUT2D eigenvalue weighted by Crippen LogP contribution is -2.34. The van der Waals surface area contributed by atoms with Crippen molar-refractivity contribution in [1.82, 2.24) is 0 Å². The van der Waals surface area contributed by atoms with Crippen LogP contribution in [0.15, 0.2) is 12.2 Å². The SMILES string of the molecule is C=C(CC(C)(C)N)C(N)=O. The van der Waals surface area contributed by atoms with Crippen molar-refractivity contribution in [1.29, 1.82) is 0 Å². The number of carbonyl (C=O) groups excluding carboxylic acids is 1. The van der Waals surface area contributed by atoms with Crippen LogP contribution >= 0.6 is 0 Å². The van der Waals surface area contributed by atoms with Gasteiger partial charge in [-0.25, -0.2) is 0 Å². The molecule has 0 atom stereocenters. The first-order valence-electron chi connectivity index (χ1n) is 3.09. The summed E-state index contributed by atoms with van der Waals surface area (Å²) in [4.78, 5) is 10.4. The summed E-state index contributed by atoms with van der Waals surface area (Å²) in [7, 11) is 0. The van der Waals surface area contributed by atoms with E-state index in [-0.39, 0.29) is 0 Å². The Balaban J connectivity index is 3.93. The Kier molecular flexibility index (Phi) is 2.60. The Hall–Kier alpha value is -0.830. The molecule has 0 radical (unpaired) electrons. The smallest absolute Gasteiger partial charge is 0.244 e. The van der Waals surface area contributed by atoms with Crippen LogP contribution < -0.4 is 11.5 Å². The van der Waals surface area contributed by atoms with Gasteiger partial charge >= 0.3 is 0 Å². The summed E-state index contributed by atoms with van der Waals surface area (Å²) in [6.07, 6.45) is 0.447. The minimum Gasteiger partial charge on any atom is -0.366 e. The molecule has 0 aromatic rings. The molecule has 4 N–H and O–H groups in total. The fourth-order valence-electron chi connectivity index (χ4n) is 0.637. The molecule has 0 aromatic carbocycles. The molecule has 3 nitrogen and oxygen atoms in total. The van der Waals surface area contributed by atoms with Crippen LogP contribution in [-0.4, -0.2) is 11.4 Å². The second-order valence-corrected chi connectivity index (χ2v) is 3.13. The average molecular weight is 142 g/mol. The highest BCUT2D eigenvalue weighted by molar-refractivity contribution is 5.91. The molecule has 0 aliphatic carbocycles. The van der Waals surface area contributed by atoms with Crippen molar-refractivity contribution in [2.75, 3.05) is 0 Å². The summed E-state index contributed by atoms with van der Waals surface area (Å²) in [5.41, 5.74) is 10.5.